The van der Waals surface area contributed by atoms with Crippen molar-refractivity contribution in [1.82, 2.24) is 5.32 Å². The number of thioether (sulfide) groups is 1. The van der Waals surface area contributed by atoms with Gasteiger partial charge in [0.25, 0.3) is 0 Å². The molecular formula is C28H23NO7S. The van der Waals surface area contributed by atoms with E-state index in [4.69, 9.17) is 9.15 Å². The summed E-state index contributed by atoms with van der Waals surface area (Å²) in [6.45, 7) is 0.0813. The second kappa shape index (κ2) is 10.4. The van der Waals surface area contributed by atoms with Gasteiger partial charge in [-0.25, -0.2) is 14.4 Å². The number of phenols is 1. The summed E-state index contributed by atoms with van der Waals surface area (Å²) in [5.41, 5.74) is 4.65. The smallest absolute Gasteiger partial charge is 0.407 e. The normalized spacial score (nSPS) is 13.1. The third kappa shape index (κ3) is 5.17. The average molecular weight is 518 g/mol. The van der Waals surface area contributed by atoms with Crippen LogP contribution in [-0.2, 0) is 15.3 Å². The summed E-state index contributed by atoms with van der Waals surface area (Å²) in [6, 6.07) is 20.5. The minimum Gasteiger partial charge on any atom is -0.508 e. The molecule has 1 atom stereocenters. The van der Waals surface area contributed by atoms with Crippen LogP contribution in [-0.4, -0.2) is 40.7 Å². The van der Waals surface area contributed by atoms with E-state index < -0.39 is 23.7 Å². The lowest BCUT2D eigenvalue weighted by Gasteiger charge is -2.17. The van der Waals surface area contributed by atoms with Crippen LogP contribution in [0.2, 0.25) is 0 Å². The first-order chi connectivity index (χ1) is 17.9. The Morgan fingerprint density at radius 3 is 2.35 bits per heavy atom. The van der Waals surface area contributed by atoms with Gasteiger partial charge < -0.3 is 24.7 Å². The van der Waals surface area contributed by atoms with E-state index in [0.29, 0.717) is 16.7 Å². The molecule has 0 radical (unpaired) electrons. The third-order valence-corrected chi connectivity index (χ3v) is 7.37. The van der Waals surface area contributed by atoms with Gasteiger partial charge >= 0.3 is 17.7 Å². The van der Waals surface area contributed by atoms with Crippen molar-refractivity contribution in [2.75, 3.05) is 12.4 Å². The zero-order valence-electron chi connectivity index (χ0n) is 19.5. The zero-order chi connectivity index (χ0) is 25.9. The molecule has 37 heavy (non-hydrogen) atoms. The first-order valence-corrected chi connectivity index (χ1v) is 12.7. The largest absolute Gasteiger partial charge is 0.508 e. The van der Waals surface area contributed by atoms with Crippen LogP contribution < -0.4 is 10.9 Å². The predicted octanol–water partition coefficient (Wildman–Crippen LogP) is 4.72. The fourth-order valence-corrected chi connectivity index (χ4v) is 5.62. The van der Waals surface area contributed by atoms with Crippen LogP contribution in [0, 0.1) is 0 Å². The monoisotopic (exact) mass is 517 g/mol. The van der Waals surface area contributed by atoms with Crippen molar-refractivity contribution in [2.45, 2.75) is 17.7 Å². The molecule has 1 amide bonds. The number of hydrogen-bond donors (Lipinski definition) is 3. The first kappa shape index (κ1) is 24.5. The molecule has 3 N–H and O–H groups in total. The molecule has 0 saturated heterocycles. The number of carboxylic acid groups (broad SMARTS) is 1. The SMILES string of the molecule is O=C(N[C@@H](CSCc1cc(=O)oc2cc(O)ccc12)C(=O)O)OCC1c2ccccc2-c2ccccc21. The topological polar surface area (TPSA) is 126 Å². The van der Waals surface area contributed by atoms with Crippen molar-refractivity contribution in [3.63, 3.8) is 0 Å². The molecule has 9 heteroatoms. The number of nitrogens with one attached hydrogen (secondary N) is 1. The highest BCUT2D eigenvalue weighted by molar-refractivity contribution is 7.98. The standard InChI is InChI=1S/C28H23NO7S/c30-17-9-10-18-16(11-26(31)36-25(18)12-17)14-37-15-24(27(32)33)29-28(34)35-13-23-21-7-3-1-5-19(21)20-6-2-4-8-22(20)23/h1-12,23-24,30H,13-15H2,(H,29,34)(H,32,33)/t24-/m0/s1. The fourth-order valence-electron chi connectivity index (χ4n) is 4.58. The summed E-state index contributed by atoms with van der Waals surface area (Å²) in [5, 5.41) is 22.3. The van der Waals surface area contributed by atoms with Crippen molar-refractivity contribution in [3.05, 3.63) is 99.9 Å². The Bertz CT molecular complexity index is 1500. The lowest BCUT2D eigenvalue weighted by molar-refractivity contribution is -0.138. The number of fused-ring (bicyclic) bond motifs is 4. The van der Waals surface area contributed by atoms with E-state index in [9.17, 15) is 24.6 Å². The molecule has 1 aromatic heterocycles. The number of carbonyl (C=O) groups is 2. The van der Waals surface area contributed by atoms with Crippen LogP contribution in [0.25, 0.3) is 22.1 Å². The number of carbonyl (C=O) groups excluding carboxylic acids is 1. The number of amides is 1. The van der Waals surface area contributed by atoms with Crippen molar-refractivity contribution >= 4 is 34.8 Å². The molecule has 4 aromatic rings. The summed E-state index contributed by atoms with van der Waals surface area (Å²) >= 11 is 1.24. The van der Waals surface area contributed by atoms with E-state index in [1.807, 2.05) is 48.5 Å². The van der Waals surface area contributed by atoms with E-state index >= 15 is 0 Å². The predicted molar refractivity (Wildman–Crippen MR) is 140 cm³/mol. The molecule has 188 valence electrons. The van der Waals surface area contributed by atoms with E-state index in [1.54, 1.807) is 6.07 Å². The van der Waals surface area contributed by atoms with Crippen molar-refractivity contribution in [1.29, 1.82) is 0 Å². The van der Waals surface area contributed by atoms with Crippen molar-refractivity contribution in [2.24, 2.45) is 0 Å². The van der Waals surface area contributed by atoms with Gasteiger partial charge in [0, 0.05) is 34.9 Å². The Hall–Kier alpha value is -4.24. The number of alkyl carbamates (subject to hydrolysis) is 1. The number of carboxylic acids is 1. The number of hydrogen-bond acceptors (Lipinski definition) is 7. The minimum absolute atomic E-state index is 0.0290. The summed E-state index contributed by atoms with van der Waals surface area (Å²) in [5.74, 6) is -0.988. The Morgan fingerprint density at radius 2 is 1.68 bits per heavy atom. The van der Waals surface area contributed by atoms with Gasteiger partial charge in [0.05, 0.1) is 0 Å². The Balaban J connectivity index is 1.20. The van der Waals surface area contributed by atoms with Crippen LogP contribution in [0.15, 0.2) is 82.0 Å². The van der Waals surface area contributed by atoms with Crippen LogP contribution in [0.3, 0.4) is 0 Å². The number of benzene rings is 3. The van der Waals surface area contributed by atoms with Crippen LogP contribution in [0.4, 0.5) is 4.79 Å². The van der Waals surface area contributed by atoms with Crippen LogP contribution in [0.1, 0.15) is 22.6 Å². The second-order valence-corrected chi connectivity index (χ2v) is 9.68. The maximum absolute atomic E-state index is 12.5. The molecule has 1 heterocycles. The lowest BCUT2D eigenvalue weighted by Crippen LogP contribution is -2.43. The Labute approximate surface area is 215 Å². The maximum Gasteiger partial charge on any atom is 0.407 e. The van der Waals surface area contributed by atoms with Gasteiger partial charge in [-0.05, 0) is 39.9 Å². The molecule has 3 aromatic carbocycles. The van der Waals surface area contributed by atoms with E-state index in [1.165, 1.54) is 30.0 Å². The van der Waals surface area contributed by atoms with Gasteiger partial charge in [-0.15, -0.1) is 0 Å². The van der Waals surface area contributed by atoms with Crippen molar-refractivity contribution < 1.29 is 29.0 Å². The molecule has 0 saturated carbocycles. The zero-order valence-corrected chi connectivity index (χ0v) is 20.4. The molecule has 0 aliphatic heterocycles. The maximum atomic E-state index is 12.5. The van der Waals surface area contributed by atoms with Gasteiger partial charge in [0.1, 0.15) is 24.0 Å². The summed E-state index contributed by atoms with van der Waals surface area (Å²) in [6.07, 6.45) is -0.809. The van der Waals surface area contributed by atoms with Gasteiger partial charge in [0.15, 0.2) is 0 Å². The molecule has 0 fully saturated rings. The molecule has 5 rings (SSSR count). The molecule has 0 spiro atoms. The first-order valence-electron chi connectivity index (χ1n) is 11.6. The third-order valence-electron chi connectivity index (χ3n) is 6.29. The summed E-state index contributed by atoms with van der Waals surface area (Å²) in [4.78, 5) is 36.2. The van der Waals surface area contributed by atoms with E-state index in [-0.39, 0.29) is 29.6 Å². The molecule has 0 unspecified atom stereocenters. The molecule has 0 bridgehead atoms. The quantitative estimate of drug-likeness (QED) is 0.287. The molecule has 1 aliphatic rings. The minimum atomic E-state index is -1.19. The highest BCUT2D eigenvalue weighted by Gasteiger charge is 2.29. The van der Waals surface area contributed by atoms with Gasteiger partial charge in [-0.3, -0.25) is 0 Å². The van der Waals surface area contributed by atoms with Gasteiger partial charge in [-0.2, -0.15) is 11.8 Å². The Morgan fingerprint density at radius 1 is 1.00 bits per heavy atom. The lowest BCUT2D eigenvalue weighted by atomic mass is 9.98. The number of ether oxygens (including phenoxy) is 1. The number of aromatic hydroxyl groups is 1. The Kier molecular flexibility index (Phi) is 6.87. The van der Waals surface area contributed by atoms with Crippen molar-refractivity contribution in [3.8, 4) is 16.9 Å². The summed E-state index contributed by atoms with van der Waals surface area (Å²) < 4.78 is 10.6. The highest BCUT2D eigenvalue weighted by atomic mass is 32.2. The van der Waals surface area contributed by atoms with E-state index in [2.05, 4.69) is 5.32 Å². The molecule has 1 aliphatic carbocycles. The number of aliphatic carboxylic acids is 1. The van der Waals surface area contributed by atoms with E-state index in [0.717, 1.165) is 22.3 Å². The van der Waals surface area contributed by atoms with Crippen LogP contribution in [0.5, 0.6) is 5.75 Å². The van der Waals surface area contributed by atoms with Crippen LogP contribution >= 0.6 is 11.8 Å². The fraction of sp³-hybridized carbons (Fsp3) is 0.179. The van der Waals surface area contributed by atoms with Gasteiger partial charge in [-0.1, -0.05) is 48.5 Å². The summed E-state index contributed by atoms with van der Waals surface area (Å²) in [7, 11) is 0. The number of rotatable bonds is 8. The highest BCUT2D eigenvalue weighted by Crippen LogP contribution is 2.44. The molecule has 8 nitrogen and oxygen atoms in total. The van der Waals surface area contributed by atoms with Gasteiger partial charge in [0.2, 0.25) is 0 Å². The number of phenolic OH excluding ortho intramolecular Hbond substituents is 1. The second-order valence-electron chi connectivity index (χ2n) is 8.65. The molecular weight excluding hydrogens is 494 g/mol. The average Bonchev–Trinajstić information content (AvgIpc) is 3.20.